The fourth-order valence-electron chi connectivity index (χ4n) is 1.50. The van der Waals surface area contributed by atoms with E-state index < -0.39 is 0 Å². The van der Waals surface area contributed by atoms with Gasteiger partial charge in [0.15, 0.2) is 5.78 Å². The van der Waals surface area contributed by atoms with Crippen LogP contribution in [0.25, 0.3) is 0 Å². The molecule has 1 amide bonds. The van der Waals surface area contributed by atoms with Crippen LogP contribution >= 0.6 is 11.3 Å². The van der Waals surface area contributed by atoms with E-state index in [0.717, 1.165) is 10.6 Å². The van der Waals surface area contributed by atoms with Gasteiger partial charge in [0.2, 0.25) is 5.91 Å². The average molecular weight is 195 g/mol. The van der Waals surface area contributed by atoms with Crippen molar-refractivity contribution in [1.82, 2.24) is 0 Å². The zero-order valence-corrected chi connectivity index (χ0v) is 8.06. The van der Waals surface area contributed by atoms with Gasteiger partial charge in [0.1, 0.15) is 0 Å². The number of carbonyl (C=O) groups is 2. The molecule has 1 aliphatic heterocycles. The lowest BCUT2D eigenvalue weighted by molar-refractivity contribution is -0.116. The number of carbonyl (C=O) groups excluding carboxylic acids is 2. The van der Waals surface area contributed by atoms with Crippen LogP contribution in [0.4, 0.5) is 5.69 Å². The molecule has 0 saturated heterocycles. The summed E-state index contributed by atoms with van der Waals surface area (Å²) in [5.74, 6) is 0.162. The molecule has 0 aromatic carbocycles. The normalized spacial score (nSPS) is 15.8. The topological polar surface area (TPSA) is 37.4 Å². The first-order valence-corrected chi connectivity index (χ1v) is 4.97. The fourth-order valence-corrected chi connectivity index (χ4v) is 2.36. The number of thiophene rings is 1. The Bertz CT molecular complexity index is 369. The van der Waals surface area contributed by atoms with E-state index in [4.69, 9.17) is 0 Å². The van der Waals surface area contributed by atoms with Gasteiger partial charge in [-0.2, -0.15) is 0 Å². The van der Waals surface area contributed by atoms with E-state index in [0.29, 0.717) is 13.0 Å². The number of ketones is 1. The van der Waals surface area contributed by atoms with E-state index in [2.05, 4.69) is 0 Å². The molecule has 2 rings (SSSR count). The molecule has 1 aliphatic rings. The standard InChI is InChI=1S/C9H9NO2S/c1-6(11)10-4-2-8(12)9-7(10)3-5-13-9/h3,5H,2,4H2,1H3. The van der Waals surface area contributed by atoms with Gasteiger partial charge < -0.3 is 4.90 Å². The molecule has 2 heterocycles. The van der Waals surface area contributed by atoms with E-state index in [1.165, 1.54) is 18.3 Å². The summed E-state index contributed by atoms with van der Waals surface area (Å²) in [6.45, 7) is 2.05. The molecular weight excluding hydrogens is 186 g/mol. The lowest BCUT2D eigenvalue weighted by Crippen LogP contribution is -2.34. The van der Waals surface area contributed by atoms with Gasteiger partial charge in [0, 0.05) is 19.9 Å². The number of hydrogen-bond donors (Lipinski definition) is 0. The summed E-state index contributed by atoms with van der Waals surface area (Å²) in [7, 11) is 0. The van der Waals surface area contributed by atoms with Gasteiger partial charge in [0.05, 0.1) is 10.6 Å². The highest BCUT2D eigenvalue weighted by Crippen LogP contribution is 2.31. The third-order valence-corrected chi connectivity index (χ3v) is 3.08. The Balaban J connectivity index is 2.46. The third kappa shape index (κ3) is 1.27. The van der Waals surface area contributed by atoms with Crippen LogP contribution in [0.3, 0.4) is 0 Å². The van der Waals surface area contributed by atoms with Crippen LogP contribution in [0.15, 0.2) is 11.4 Å². The Morgan fingerprint density at radius 1 is 1.62 bits per heavy atom. The predicted octanol–water partition coefficient (Wildman–Crippen LogP) is 1.69. The molecule has 0 aliphatic carbocycles. The monoisotopic (exact) mass is 195 g/mol. The molecule has 0 unspecified atom stereocenters. The number of hydrogen-bond acceptors (Lipinski definition) is 3. The van der Waals surface area contributed by atoms with Gasteiger partial charge in [-0.25, -0.2) is 0 Å². The van der Waals surface area contributed by atoms with Crippen molar-refractivity contribution < 1.29 is 9.59 Å². The maximum atomic E-state index is 11.4. The highest BCUT2D eigenvalue weighted by atomic mass is 32.1. The van der Waals surface area contributed by atoms with Crippen LogP contribution in [0, 0.1) is 0 Å². The maximum absolute atomic E-state index is 11.4. The van der Waals surface area contributed by atoms with Crippen molar-refractivity contribution in [2.24, 2.45) is 0 Å². The van der Waals surface area contributed by atoms with Gasteiger partial charge in [-0.05, 0) is 11.4 Å². The maximum Gasteiger partial charge on any atom is 0.223 e. The molecule has 0 saturated carbocycles. The van der Waals surface area contributed by atoms with Crippen molar-refractivity contribution in [2.45, 2.75) is 13.3 Å². The van der Waals surface area contributed by atoms with Gasteiger partial charge in [-0.1, -0.05) is 0 Å². The number of rotatable bonds is 0. The van der Waals surface area contributed by atoms with Crippen molar-refractivity contribution >= 4 is 28.7 Å². The van der Waals surface area contributed by atoms with Gasteiger partial charge in [-0.15, -0.1) is 11.3 Å². The first kappa shape index (κ1) is 8.44. The molecule has 0 radical (unpaired) electrons. The Hall–Kier alpha value is -1.16. The molecule has 4 heteroatoms. The SMILES string of the molecule is CC(=O)N1CCC(=O)c2sccc21. The fraction of sp³-hybridized carbons (Fsp3) is 0.333. The van der Waals surface area contributed by atoms with Gasteiger partial charge in [0.25, 0.3) is 0 Å². The second kappa shape index (κ2) is 2.96. The first-order chi connectivity index (χ1) is 6.20. The second-order valence-electron chi connectivity index (χ2n) is 2.98. The number of amides is 1. The van der Waals surface area contributed by atoms with E-state index >= 15 is 0 Å². The molecule has 0 bridgehead atoms. The zero-order valence-electron chi connectivity index (χ0n) is 7.24. The molecule has 13 heavy (non-hydrogen) atoms. The predicted molar refractivity (Wildman–Crippen MR) is 51.3 cm³/mol. The summed E-state index contributed by atoms with van der Waals surface area (Å²) in [4.78, 5) is 25.0. The summed E-state index contributed by atoms with van der Waals surface area (Å²) >= 11 is 1.41. The largest absolute Gasteiger partial charge is 0.311 e. The van der Waals surface area contributed by atoms with Crippen molar-refractivity contribution in [2.75, 3.05) is 11.4 Å². The van der Waals surface area contributed by atoms with Gasteiger partial charge >= 0.3 is 0 Å². The molecule has 0 atom stereocenters. The minimum Gasteiger partial charge on any atom is -0.311 e. The van der Waals surface area contributed by atoms with Crippen molar-refractivity contribution in [3.05, 3.63) is 16.3 Å². The minimum absolute atomic E-state index is 0.00662. The van der Waals surface area contributed by atoms with E-state index in [-0.39, 0.29) is 11.7 Å². The first-order valence-electron chi connectivity index (χ1n) is 4.09. The van der Waals surface area contributed by atoms with Crippen molar-refractivity contribution in [1.29, 1.82) is 0 Å². The highest BCUT2D eigenvalue weighted by Gasteiger charge is 2.26. The Labute approximate surface area is 80.0 Å². The lowest BCUT2D eigenvalue weighted by atomic mass is 10.1. The quantitative estimate of drug-likeness (QED) is 0.631. The minimum atomic E-state index is 0.00662. The molecule has 1 aromatic heterocycles. The summed E-state index contributed by atoms with van der Waals surface area (Å²) < 4.78 is 0. The molecule has 0 fully saturated rings. The zero-order chi connectivity index (χ0) is 9.42. The number of nitrogens with zero attached hydrogens (tertiary/aromatic N) is 1. The van der Waals surface area contributed by atoms with Crippen LogP contribution in [0.2, 0.25) is 0 Å². The molecular formula is C9H9NO2S. The van der Waals surface area contributed by atoms with E-state index in [1.807, 2.05) is 11.4 Å². The smallest absolute Gasteiger partial charge is 0.223 e. The number of Topliss-reactive ketones (excluding diaryl/α,β-unsaturated/α-hetero) is 1. The van der Waals surface area contributed by atoms with Crippen LogP contribution < -0.4 is 4.90 Å². The lowest BCUT2D eigenvalue weighted by Gasteiger charge is -2.24. The Kier molecular flexibility index (Phi) is 1.92. The van der Waals surface area contributed by atoms with Gasteiger partial charge in [-0.3, -0.25) is 9.59 Å². The summed E-state index contributed by atoms with van der Waals surface area (Å²) in [6, 6.07) is 1.83. The third-order valence-electron chi connectivity index (χ3n) is 2.13. The van der Waals surface area contributed by atoms with Crippen LogP contribution in [-0.2, 0) is 4.79 Å². The van der Waals surface area contributed by atoms with Crippen molar-refractivity contribution in [3.63, 3.8) is 0 Å². The number of anilines is 1. The summed E-state index contributed by atoms with van der Waals surface area (Å²) in [5.41, 5.74) is 0.786. The average Bonchev–Trinajstić information content (AvgIpc) is 2.53. The Morgan fingerprint density at radius 3 is 3.08 bits per heavy atom. The highest BCUT2D eigenvalue weighted by molar-refractivity contribution is 7.12. The number of fused-ring (bicyclic) bond motifs is 1. The molecule has 0 spiro atoms. The molecule has 3 nitrogen and oxygen atoms in total. The summed E-state index contributed by atoms with van der Waals surface area (Å²) in [5, 5.41) is 1.85. The second-order valence-corrected chi connectivity index (χ2v) is 3.89. The van der Waals surface area contributed by atoms with Crippen molar-refractivity contribution in [3.8, 4) is 0 Å². The molecule has 1 aromatic rings. The molecule has 68 valence electrons. The van der Waals surface area contributed by atoms with E-state index in [1.54, 1.807) is 4.90 Å². The van der Waals surface area contributed by atoms with Crippen LogP contribution in [0.5, 0.6) is 0 Å². The van der Waals surface area contributed by atoms with Crippen LogP contribution in [0.1, 0.15) is 23.0 Å². The van der Waals surface area contributed by atoms with E-state index in [9.17, 15) is 9.59 Å². The molecule has 0 N–H and O–H groups in total. The summed E-state index contributed by atoms with van der Waals surface area (Å²) in [6.07, 6.45) is 0.451. The van der Waals surface area contributed by atoms with Crippen LogP contribution in [-0.4, -0.2) is 18.2 Å². The Morgan fingerprint density at radius 2 is 2.38 bits per heavy atom.